The predicted molar refractivity (Wildman–Crippen MR) is 115 cm³/mol. The molecule has 2 aliphatic rings. The normalized spacial score (nSPS) is 19.5. The Hall–Kier alpha value is -2.58. The van der Waals surface area contributed by atoms with Gasteiger partial charge in [0.15, 0.2) is 0 Å². The molecule has 152 valence electrons. The third kappa shape index (κ3) is 4.54. The summed E-state index contributed by atoms with van der Waals surface area (Å²) in [5.41, 5.74) is 1.85. The van der Waals surface area contributed by atoms with Crippen molar-refractivity contribution in [3.63, 3.8) is 0 Å². The molecule has 29 heavy (non-hydrogen) atoms. The average Bonchev–Trinajstić information content (AvgIpc) is 3.17. The zero-order chi connectivity index (χ0) is 20.2. The summed E-state index contributed by atoms with van der Waals surface area (Å²) in [7, 11) is 0. The summed E-state index contributed by atoms with van der Waals surface area (Å²) < 4.78 is 5.36. The van der Waals surface area contributed by atoms with E-state index in [0.29, 0.717) is 25.6 Å². The van der Waals surface area contributed by atoms with Gasteiger partial charge in [0.1, 0.15) is 5.82 Å². The highest BCUT2D eigenvalue weighted by Crippen LogP contribution is 2.29. The molecular weight excluding hydrogens is 388 g/mol. The van der Waals surface area contributed by atoms with Crippen molar-refractivity contribution in [1.29, 1.82) is 0 Å². The smallest absolute Gasteiger partial charge is 0.230 e. The van der Waals surface area contributed by atoms with Crippen LogP contribution in [0.4, 0.5) is 17.2 Å². The van der Waals surface area contributed by atoms with Gasteiger partial charge < -0.3 is 19.9 Å². The van der Waals surface area contributed by atoms with E-state index in [1.165, 1.54) is 0 Å². The van der Waals surface area contributed by atoms with Gasteiger partial charge in [-0.2, -0.15) is 0 Å². The van der Waals surface area contributed by atoms with Crippen LogP contribution in [0.25, 0.3) is 0 Å². The number of nitrogens with zero attached hydrogens (tertiary/aromatic N) is 3. The summed E-state index contributed by atoms with van der Waals surface area (Å²) in [6.07, 6.45) is 3.97. The fraction of sp³-hybridized carbons (Fsp3) is 0.381. The number of benzene rings is 1. The van der Waals surface area contributed by atoms with Crippen LogP contribution >= 0.6 is 11.8 Å². The molecule has 0 spiro atoms. The van der Waals surface area contributed by atoms with Crippen LogP contribution in [0.1, 0.15) is 6.42 Å². The molecule has 0 bridgehead atoms. The van der Waals surface area contributed by atoms with Crippen LogP contribution in [0, 0.1) is 5.92 Å². The third-order valence-electron chi connectivity index (χ3n) is 5.24. The lowest BCUT2D eigenvalue weighted by atomic mass is 10.1. The molecule has 1 unspecified atom stereocenters. The van der Waals surface area contributed by atoms with E-state index in [0.717, 1.165) is 29.4 Å². The fourth-order valence-corrected chi connectivity index (χ4v) is 4.06. The molecule has 2 amide bonds. The van der Waals surface area contributed by atoms with Gasteiger partial charge in [-0.05, 0) is 36.6 Å². The van der Waals surface area contributed by atoms with Crippen molar-refractivity contribution in [2.45, 2.75) is 11.3 Å². The highest BCUT2D eigenvalue weighted by molar-refractivity contribution is 7.98. The Balaban J connectivity index is 1.38. The minimum Gasteiger partial charge on any atom is -0.378 e. The first-order valence-electron chi connectivity index (χ1n) is 9.68. The molecule has 7 nitrogen and oxygen atoms in total. The van der Waals surface area contributed by atoms with Gasteiger partial charge in [-0.15, -0.1) is 11.8 Å². The summed E-state index contributed by atoms with van der Waals surface area (Å²) in [5, 5.41) is 2.85. The second kappa shape index (κ2) is 8.84. The maximum absolute atomic E-state index is 12.7. The molecule has 0 saturated carbocycles. The Bertz CT molecular complexity index is 884. The lowest BCUT2D eigenvalue weighted by Crippen LogP contribution is -2.36. The van der Waals surface area contributed by atoms with Gasteiger partial charge in [-0.25, -0.2) is 4.98 Å². The molecule has 1 aromatic heterocycles. The predicted octanol–water partition coefficient (Wildman–Crippen LogP) is 2.63. The topological polar surface area (TPSA) is 74.8 Å². The Morgan fingerprint density at radius 3 is 2.76 bits per heavy atom. The Morgan fingerprint density at radius 2 is 2.03 bits per heavy atom. The van der Waals surface area contributed by atoms with Gasteiger partial charge in [0.05, 0.1) is 31.0 Å². The average molecular weight is 413 g/mol. The van der Waals surface area contributed by atoms with Crippen LogP contribution in [0.2, 0.25) is 0 Å². The first-order valence-corrected chi connectivity index (χ1v) is 10.9. The lowest BCUT2D eigenvalue weighted by molar-refractivity contribution is -0.122. The number of thioether (sulfide) groups is 1. The number of amides is 2. The fourth-order valence-electron chi connectivity index (χ4n) is 3.61. The van der Waals surface area contributed by atoms with Crippen molar-refractivity contribution >= 4 is 40.8 Å². The van der Waals surface area contributed by atoms with E-state index >= 15 is 0 Å². The highest BCUT2D eigenvalue weighted by Gasteiger charge is 2.35. The zero-order valence-corrected chi connectivity index (χ0v) is 17.2. The molecule has 1 atom stereocenters. The molecule has 0 radical (unpaired) electrons. The van der Waals surface area contributed by atoms with Crippen LogP contribution in [0.5, 0.6) is 0 Å². The van der Waals surface area contributed by atoms with E-state index < -0.39 is 0 Å². The Kier molecular flexibility index (Phi) is 6.01. The van der Waals surface area contributed by atoms with Gasteiger partial charge in [-0.3, -0.25) is 9.59 Å². The Labute approximate surface area is 174 Å². The standard InChI is InChI=1S/C21H24N4O3S/c1-29-18-4-2-3-16(12-18)25-14-15(11-20(25)26)21(27)23-19-6-5-17(13-22-19)24-7-9-28-10-8-24/h2-6,12-13,15H,7-11,14H2,1H3,(H,22,23,27). The lowest BCUT2D eigenvalue weighted by Gasteiger charge is -2.28. The van der Waals surface area contributed by atoms with Crippen molar-refractivity contribution in [2.75, 3.05) is 54.2 Å². The molecule has 3 heterocycles. The highest BCUT2D eigenvalue weighted by atomic mass is 32.2. The van der Waals surface area contributed by atoms with Crippen molar-refractivity contribution < 1.29 is 14.3 Å². The number of carbonyl (C=O) groups is 2. The zero-order valence-electron chi connectivity index (χ0n) is 16.3. The van der Waals surface area contributed by atoms with E-state index in [9.17, 15) is 9.59 Å². The summed E-state index contributed by atoms with van der Waals surface area (Å²) in [5.74, 6) is -0.0871. The number of morpholine rings is 1. The molecule has 2 aromatic rings. The summed E-state index contributed by atoms with van der Waals surface area (Å²) >= 11 is 1.63. The van der Waals surface area contributed by atoms with Crippen LogP contribution in [-0.2, 0) is 14.3 Å². The van der Waals surface area contributed by atoms with Crippen molar-refractivity contribution in [1.82, 2.24) is 4.98 Å². The molecule has 2 fully saturated rings. The monoisotopic (exact) mass is 412 g/mol. The number of hydrogen-bond donors (Lipinski definition) is 1. The van der Waals surface area contributed by atoms with Crippen molar-refractivity contribution in [3.05, 3.63) is 42.6 Å². The summed E-state index contributed by atoms with van der Waals surface area (Å²) in [4.78, 5) is 34.5. The van der Waals surface area contributed by atoms with Crippen LogP contribution < -0.4 is 15.1 Å². The van der Waals surface area contributed by atoms with Crippen molar-refractivity contribution in [3.8, 4) is 0 Å². The maximum atomic E-state index is 12.7. The number of pyridine rings is 1. The van der Waals surface area contributed by atoms with Gasteiger partial charge >= 0.3 is 0 Å². The number of aromatic nitrogens is 1. The minimum atomic E-state index is -0.388. The van der Waals surface area contributed by atoms with E-state index in [2.05, 4.69) is 15.2 Å². The van der Waals surface area contributed by atoms with Gasteiger partial charge in [0.25, 0.3) is 0 Å². The van der Waals surface area contributed by atoms with Crippen LogP contribution in [0.15, 0.2) is 47.5 Å². The molecule has 2 saturated heterocycles. The number of ether oxygens (including phenoxy) is 1. The van der Waals surface area contributed by atoms with Gasteiger partial charge in [0.2, 0.25) is 11.8 Å². The second-order valence-corrected chi connectivity index (χ2v) is 7.98. The molecule has 1 N–H and O–H groups in total. The second-order valence-electron chi connectivity index (χ2n) is 7.10. The molecule has 8 heteroatoms. The molecule has 0 aliphatic carbocycles. The molecule has 1 aromatic carbocycles. The van der Waals surface area contributed by atoms with Crippen LogP contribution in [-0.4, -0.2) is 55.9 Å². The van der Waals surface area contributed by atoms with Crippen LogP contribution in [0.3, 0.4) is 0 Å². The first-order chi connectivity index (χ1) is 14.1. The number of anilines is 3. The molecular formula is C21H24N4O3S. The van der Waals surface area contributed by atoms with E-state index in [-0.39, 0.29) is 24.2 Å². The van der Waals surface area contributed by atoms with E-state index in [1.54, 1.807) is 28.9 Å². The maximum Gasteiger partial charge on any atom is 0.230 e. The van der Waals surface area contributed by atoms with E-state index in [4.69, 9.17) is 4.74 Å². The third-order valence-corrected chi connectivity index (χ3v) is 5.96. The number of rotatable bonds is 5. The molecule has 2 aliphatic heterocycles. The largest absolute Gasteiger partial charge is 0.378 e. The number of carbonyl (C=O) groups excluding carboxylic acids is 2. The molecule has 4 rings (SSSR count). The Morgan fingerprint density at radius 1 is 1.21 bits per heavy atom. The van der Waals surface area contributed by atoms with E-state index in [1.807, 2.05) is 36.6 Å². The van der Waals surface area contributed by atoms with Gasteiger partial charge in [0, 0.05) is 36.6 Å². The SMILES string of the molecule is CSc1cccc(N2CC(C(=O)Nc3ccc(N4CCOCC4)cn3)CC2=O)c1. The minimum absolute atomic E-state index is 0.0287. The van der Waals surface area contributed by atoms with Crippen molar-refractivity contribution in [2.24, 2.45) is 5.92 Å². The quantitative estimate of drug-likeness (QED) is 0.761. The number of nitrogens with one attached hydrogen (secondary N) is 1. The summed E-state index contributed by atoms with van der Waals surface area (Å²) in [6.45, 7) is 3.49. The summed E-state index contributed by atoms with van der Waals surface area (Å²) in [6, 6.07) is 11.6. The first kappa shape index (κ1) is 19.7. The van der Waals surface area contributed by atoms with Gasteiger partial charge in [-0.1, -0.05) is 6.07 Å². The number of hydrogen-bond acceptors (Lipinski definition) is 6.